The van der Waals surface area contributed by atoms with E-state index >= 15 is 0 Å². The third-order valence-electron chi connectivity index (χ3n) is 1.30. The fourth-order valence-electron chi connectivity index (χ4n) is 0.611. The number of hydrogen-bond donors (Lipinski definition) is 1. The van der Waals surface area contributed by atoms with Gasteiger partial charge in [-0.3, -0.25) is 0 Å². The van der Waals surface area contributed by atoms with Crippen LogP contribution in [0.2, 0.25) is 0 Å². The molecule has 0 bridgehead atoms. The predicted octanol–water partition coefficient (Wildman–Crippen LogP) is 1.34. The third kappa shape index (κ3) is 1.10. The molecule has 3 heteroatoms. The van der Waals surface area contributed by atoms with Crippen LogP contribution in [-0.4, -0.2) is 9.91 Å². The maximum absolute atomic E-state index is 5.45. The number of aliphatic imine (C=N–C) groups is 1. The lowest BCUT2D eigenvalue weighted by atomic mass is 10.1. The highest BCUT2D eigenvalue weighted by Crippen LogP contribution is 2.37. The molecule has 0 saturated heterocycles. The largest absolute Gasteiger partial charge is 0.378 e. The van der Waals surface area contributed by atoms with Gasteiger partial charge in [0.2, 0.25) is 0 Å². The normalized spacial score (nSPS) is 24.2. The van der Waals surface area contributed by atoms with E-state index in [1.165, 1.54) is 0 Å². The molecule has 1 aliphatic heterocycles. The Balaban J connectivity index is 2.84. The lowest BCUT2D eigenvalue weighted by Crippen LogP contribution is -2.14. The van der Waals surface area contributed by atoms with Crippen molar-refractivity contribution in [3.63, 3.8) is 0 Å². The highest BCUT2D eigenvalue weighted by molar-refractivity contribution is 8.15. The minimum Gasteiger partial charge on any atom is -0.378 e. The molecule has 0 unspecified atom stereocenters. The molecule has 0 aliphatic carbocycles. The molecule has 0 spiro atoms. The summed E-state index contributed by atoms with van der Waals surface area (Å²) >= 11 is 1.56. The zero-order valence-electron chi connectivity index (χ0n) is 5.64. The second-order valence-electron chi connectivity index (χ2n) is 2.51. The van der Waals surface area contributed by atoms with E-state index in [-0.39, 0.29) is 4.75 Å². The van der Waals surface area contributed by atoms with Gasteiger partial charge < -0.3 is 5.73 Å². The summed E-state index contributed by atoms with van der Waals surface area (Å²) in [6, 6.07) is 0. The first-order valence-corrected chi connectivity index (χ1v) is 3.56. The summed E-state index contributed by atoms with van der Waals surface area (Å²) < 4.78 is 0.0179. The third-order valence-corrected chi connectivity index (χ3v) is 2.35. The highest BCUT2D eigenvalue weighted by Gasteiger charge is 2.29. The van der Waals surface area contributed by atoms with Crippen molar-refractivity contribution >= 4 is 16.9 Å². The van der Waals surface area contributed by atoms with Gasteiger partial charge in [0.1, 0.15) is 0 Å². The van der Waals surface area contributed by atoms with Gasteiger partial charge in [0.15, 0.2) is 5.17 Å². The quantitative estimate of drug-likeness (QED) is 0.554. The minimum atomic E-state index is 0.0179. The molecule has 0 aromatic carbocycles. The number of hydrogen-bond acceptors (Lipinski definition) is 3. The van der Waals surface area contributed by atoms with Gasteiger partial charge in [-0.1, -0.05) is 18.3 Å². The van der Waals surface area contributed by atoms with Crippen molar-refractivity contribution in [2.75, 3.05) is 0 Å². The van der Waals surface area contributed by atoms with E-state index in [4.69, 9.17) is 5.73 Å². The molecule has 0 amide bonds. The molecule has 2 N–H and O–H groups in total. The van der Waals surface area contributed by atoms with E-state index in [9.17, 15) is 0 Å². The van der Waals surface area contributed by atoms with E-state index in [2.05, 4.69) is 25.4 Å². The van der Waals surface area contributed by atoms with Gasteiger partial charge in [-0.15, -0.1) is 0 Å². The van der Waals surface area contributed by atoms with Gasteiger partial charge in [-0.25, -0.2) is 4.99 Å². The molecule has 9 heavy (non-hydrogen) atoms. The minimum absolute atomic E-state index is 0.0179. The van der Waals surface area contributed by atoms with Crippen LogP contribution in [0.5, 0.6) is 0 Å². The molecule has 2 nitrogen and oxygen atoms in total. The fourth-order valence-corrected chi connectivity index (χ4v) is 1.45. The van der Waals surface area contributed by atoms with Crippen LogP contribution < -0.4 is 5.73 Å². The number of thioether (sulfide) groups is 1. The standard InChI is InChI=1S/C6H10N2S/c1-4-6(2,3)9-5(7)8-4/h1H2,2-3H3,(H2,7,8). The van der Waals surface area contributed by atoms with Crippen LogP contribution >= 0.6 is 11.8 Å². The number of nitrogens with two attached hydrogens (primary N) is 1. The van der Waals surface area contributed by atoms with Gasteiger partial charge in [0.05, 0.1) is 10.4 Å². The van der Waals surface area contributed by atoms with Gasteiger partial charge in [-0.2, -0.15) is 0 Å². The Morgan fingerprint density at radius 1 is 1.67 bits per heavy atom. The van der Waals surface area contributed by atoms with Crippen LogP contribution in [-0.2, 0) is 0 Å². The summed E-state index contributed by atoms with van der Waals surface area (Å²) in [6.07, 6.45) is 0. The van der Waals surface area contributed by atoms with Crippen molar-refractivity contribution in [1.29, 1.82) is 0 Å². The maximum Gasteiger partial charge on any atom is 0.159 e. The Kier molecular flexibility index (Phi) is 1.31. The van der Waals surface area contributed by atoms with Crippen molar-refractivity contribution in [3.8, 4) is 0 Å². The molecule has 0 fully saturated rings. The van der Waals surface area contributed by atoms with Crippen LogP contribution in [0, 0.1) is 0 Å². The molecule has 0 atom stereocenters. The average Bonchev–Trinajstić information content (AvgIpc) is 1.79. The van der Waals surface area contributed by atoms with Crippen LogP contribution in [0.1, 0.15) is 13.8 Å². The van der Waals surface area contributed by atoms with E-state index in [0.717, 1.165) is 5.70 Å². The van der Waals surface area contributed by atoms with Crippen LogP contribution in [0.3, 0.4) is 0 Å². The zero-order valence-corrected chi connectivity index (χ0v) is 6.46. The van der Waals surface area contributed by atoms with Gasteiger partial charge in [0, 0.05) is 0 Å². The first-order chi connectivity index (χ1) is 4.02. The van der Waals surface area contributed by atoms with Crippen molar-refractivity contribution in [2.24, 2.45) is 10.7 Å². The SMILES string of the molecule is C=C1N=C(N)SC1(C)C. The molecule has 1 aliphatic rings. The predicted molar refractivity (Wildman–Crippen MR) is 42.4 cm³/mol. The molecule has 0 radical (unpaired) electrons. The Morgan fingerprint density at radius 2 is 2.22 bits per heavy atom. The Hall–Kier alpha value is -0.440. The van der Waals surface area contributed by atoms with E-state index in [1.807, 2.05) is 0 Å². The van der Waals surface area contributed by atoms with Gasteiger partial charge in [0.25, 0.3) is 0 Å². The second kappa shape index (κ2) is 1.77. The van der Waals surface area contributed by atoms with Crippen LogP contribution in [0.4, 0.5) is 0 Å². The van der Waals surface area contributed by atoms with Gasteiger partial charge >= 0.3 is 0 Å². The van der Waals surface area contributed by atoms with Crippen molar-refractivity contribution in [2.45, 2.75) is 18.6 Å². The van der Waals surface area contributed by atoms with E-state index < -0.39 is 0 Å². The average molecular weight is 142 g/mol. The smallest absolute Gasteiger partial charge is 0.159 e. The maximum atomic E-state index is 5.45. The van der Waals surface area contributed by atoms with Crippen LogP contribution in [0.25, 0.3) is 0 Å². The number of amidine groups is 1. The Morgan fingerprint density at radius 3 is 2.33 bits per heavy atom. The lowest BCUT2D eigenvalue weighted by molar-refractivity contribution is 0.840. The van der Waals surface area contributed by atoms with E-state index in [0.29, 0.717) is 5.17 Å². The monoisotopic (exact) mass is 142 g/mol. The van der Waals surface area contributed by atoms with Crippen LogP contribution in [0.15, 0.2) is 17.3 Å². The summed E-state index contributed by atoms with van der Waals surface area (Å²) in [6.45, 7) is 7.89. The summed E-state index contributed by atoms with van der Waals surface area (Å²) in [7, 11) is 0. The zero-order chi connectivity index (χ0) is 7.07. The fraction of sp³-hybridized carbons (Fsp3) is 0.500. The first-order valence-electron chi connectivity index (χ1n) is 2.75. The molecule has 0 saturated carbocycles. The summed E-state index contributed by atoms with van der Waals surface area (Å²) in [5, 5.41) is 0.630. The molecule has 1 heterocycles. The molecule has 0 aromatic rings. The van der Waals surface area contributed by atoms with E-state index in [1.54, 1.807) is 11.8 Å². The number of nitrogens with zero attached hydrogens (tertiary/aromatic N) is 1. The lowest BCUT2D eigenvalue weighted by Gasteiger charge is -2.14. The first kappa shape index (κ1) is 6.68. The summed E-state index contributed by atoms with van der Waals surface area (Å²) in [4.78, 5) is 4.00. The van der Waals surface area contributed by atoms with Crippen molar-refractivity contribution < 1.29 is 0 Å². The Bertz CT molecular complexity index is 181. The topological polar surface area (TPSA) is 38.4 Å². The highest BCUT2D eigenvalue weighted by atomic mass is 32.2. The molecular formula is C6H10N2S. The molecule has 1 rings (SSSR count). The summed E-state index contributed by atoms with van der Waals surface area (Å²) in [5.74, 6) is 0. The Labute approximate surface area is 59.2 Å². The number of rotatable bonds is 0. The molecule has 0 aromatic heterocycles. The van der Waals surface area contributed by atoms with Crippen molar-refractivity contribution in [3.05, 3.63) is 12.3 Å². The second-order valence-corrected chi connectivity index (χ2v) is 4.15. The van der Waals surface area contributed by atoms with Crippen molar-refractivity contribution in [1.82, 2.24) is 0 Å². The molecular weight excluding hydrogens is 132 g/mol. The van der Waals surface area contributed by atoms with Gasteiger partial charge in [-0.05, 0) is 13.8 Å². The molecule has 50 valence electrons. The summed E-state index contributed by atoms with van der Waals surface area (Å²) in [5.41, 5.74) is 6.32.